The summed E-state index contributed by atoms with van der Waals surface area (Å²) in [6.07, 6.45) is 2.04. The molecule has 0 unspecified atom stereocenters. The average Bonchev–Trinajstić information content (AvgIpc) is 3.96. The zero-order valence-corrected chi connectivity index (χ0v) is 30.7. The number of halogens is 2. The number of hydrogen-bond acceptors (Lipinski definition) is 10. The number of carbonyl (C=O) groups is 3. The summed E-state index contributed by atoms with van der Waals surface area (Å²) in [6.45, 7) is 5.45. The molecule has 282 valence electrons. The Morgan fingerprint density at radius 3 is 2.11 bits per heavy atom. The van der Waals surface area contributed by atoms with Gasteiger partial charge >= 0.3 is 7.60 Å². The Morgan fingerprint density at radius 1 is 0.849 bits per heavy atom. The van der Waals surface area contributed by atoms with Crippen LogP contribution in [0.4, 0.5) is 20.2 Å². The molecule has 3 aromatic carbocycles. The first-order valence-corrected chi connectivity index (χ1v) is 18.8. The quantitative estimate of drug-likeness (QED) is 0.0771. The third kappa shape index (κ3) is 9.47. The molecule has 4 aromatic rings. The number of pyridine rings is 1. The summed E-state index contributed by atoms with van der Waals surface area (Å²) < 4.78 is 70.1. The van der Waals surface area contributed by atoms with Gasteiger partial charge in [-0.25, -0.2) is 8.78 Å². The molecule has 53 heavy (non-hydrogen) atoms. The molecule has 0 atom stereocenters. The van der Waals surface area contributed by atoms with Gasteiger partial charge in [-0.3, -0.25) is 23.9 Å². The zero-order chi connectivity index (χ0) is 38.2. The molecule has 13 nitrogen and oxygen atoms in total. The van der Waals surface area contributed by atoms with Crippen LogP contribution in [0.25, 0.3) is 10.9 Å². The van der Waals surface area contributed by atoms with Gasteiger partial charge in [-0.2, -0.15) is 0 Å². The van der Waals surface area contributed by atoms with Crippen LogP contribution in [0.5, 0.6) is 23.0 Å². The van der Waals surface area contributed by atoms with Crippen LogP contribution in [0.15, 0.2) is 66.9 Å². The number of carbonyl (C=O) groups excluding carboxylic acids is 3. The molecule has 0 radical (unpaired) electrons. The number of hydrogen-bond donors (Lipinski definition) is 2. The Morgan fingerprint density at radius 2 is 1.51 bits per heavy atom. The summed E-state index contributed by atoms with van der Waals surface area (Å²) in [6, 6.07) is 13.9. The normalized spacial score (nSPS) is 13.2. The average molecular weight is 755 g/mol. The maximum Gasteiger partial charge on any atom is 0.349 e. The van der Waals surface area contributed by atoms with Crippen LogP contribution in [0.3, 0.4) is 0 Å². The molecule has 16 heteroatoms. The van der Waals surface area contributed by atoms with Crippen LogP contribution in [0, 0.1) is 17.0 Å². The number of nitrogens with zero attached hydrogens (tertiary/aromatic N) is 2. The number of amides is 3. The Hall–Kier alpha value is -5.11. The van der Waals surface area contributed by atoms with E-state index >= 15 is 4.39 Å². The SMILES string of the molecule is CCOP(=O)(CN(CCOc1cc2c(Oc3ccc(NC(=O)C4(C(=O)Nc5ccc(F)cc5)CC4)cc3F)ccnc2cc1OC)C(=O)CC)OCC. The highest BCUT2D eigenvalue weighted by atomic mass is 31.2. The van der Waals surface area contributed by atoms with E-state index in [0.717, 1.165) is 6.07 Å². The van der Waals surface area contributed by atoms with Crippen LogP contribution in [-0.4, -0.2) is 67.4 Å². The van der Waals surface area contributed by atoms with Gasteiger partial charge in [-0.1, -0.05) is 6.92 Å². The number of anilines is 2. The fourth-order valence-corrected chi connectivity index (χ4v) is 7.21. The van der Waals surface area contributed by atoms with Gasteiger partial charge in [0.1, 0.15) is 29.9 Å². The van der Waals surface area contributed by atoms with Crippen molar-refractivity contribution in [3.63, 3.8) is 0 Å². The highest BCUT2D eigenvalue weighted by Crippen LogP contribution is 2.49. The fraction of sp³-hybridized carbons (Fsp3) is 0.351. The van der Waals surface area contributed by atoms with Crippen molar-refractivity contribution in [1.29, 1.82) is 0 Å². The van der Waals surface area contributed by atoms with Crippen molar-refractivity contribution in [2.75, 3.05) is 50.4 Å². The first-order valence-electron chi connectivity index (χ1n) is 17.1. The van der Waals surface area contributed by atoms with E-state index in [2.05, 4.69) is 15.6 Å². The molecular weight excluding hydrogens is 713 g/mol. The number of benzene rings is 3. The van der Waals surface area contributed by atoms with Crippen LogP contribution >= 0.6 is 7.60 Å². The molecule has 0 aliphatic heterocycles. The number of aromatic nitrogens is 1. The van der Waals surface area contributed by atoms with E-state index in [-0.39, 0.29) is 67.9 Å². The van der Waals surface area contributed by atoms with Crippen molar-refractivity contribution in [2.24, 2.45) is 5.41 Å². The summed E-state index contributed by atoms with van der Waals surface area (Å²) in [5.74, 6) is -1.90. The lowest BCUT2D eigenvalue weighted by molar-refractivity contribution is -0.131. The molecule has 0 bridgehead atoms. The number of ether oxygens (including phenoxy) is 3. The zero-order valence-electron chi connectivity index (χ0n) is 29.8. The molecule has 0 spiro atoms. The van der Waals surface area contributed by atoms with E-state index in [1.807, 2.05) is 0 Å². The Bertz CT molecular complexity index is 2000. The van der Waals surface area contributed by atoms with Gasteiger partial charge in [0.05, 0.1) is 32.4 Å². The van der Waals surface area contributed by atoms with Gasteiger partial charge < -0.3 is 38.8 Å². The Kier molecular flexibility index (Phi) is 12.7. The third-order valence-corrected chi connectivity index (χ3v) is 10.4. The van der Waals surface area contributed by atoms with Gasteiger partial charge in [0.15, 0.2) is 23.1 Å². The molecule has 1 aliphatic rings. The highest BCUT2D eigenvalue weighted by molar-refractivity contribution is 7.53. The van der Waals surface area contributed by atoms with Crippen molar-refractivity contribution in [1.82, 2.24) is 9.88 Å². The summed E-state index contributed by atoms with van der Waals surface area (Å²) in [7, 11) is -2.10. The minimum absolute atomic E-state index is 0.000691. The lowest BCUT2D eigenvalue weighted by Gasteiger charge is -2.27. The summed E-state index contributed by atoms with van der Waals surface area (Å²) >= 11 is 0. The Balaban J connectivity index is 1.28. The second-order valence-corrected chi connectivity index (χ2v) is 14.0. The van der Waals surface area contributed by atoms with Gasteiger partial charge in [0.25, 0.3) is 0 Å². The maximum absolute atomic E-state index is 15.4. The molecule has 0 saturated heterocycles. The van der Waals surface area contributed by atoms with E-state index in [4.69, 9.17) is 23.3 Å². The smallest absolute Gasteiger partial charge is 0.349 e. The number of methoxy groups -OCH3 is 1. The molecule has 1 saturated carbocycles. The Labute approximate surface area is 305 Å². The van der Waals surface area contributed by atoms with Crippen molar-refractivity contribution < 1.29 is 51.0 Å². The number of nitrogens with one attached hydrogen (secondary N) is 2. The van der Waals surface area contributed by atoms with Gasteiger partial charge in [-0.15, -0.1) is 0 Å². The first kappa shape index (κ1) is 39.1. The highest BCUT2D eigenvalue weighted by Gasteiger charge is 2.56. The van der Waals surface area contributed by atoms with Crippen molar-refractivity contribution in [3.8, 4) is 23.0 Å². The van der Waals surface area contributed by atoms with Crippen LogP contribution < -0.4 is 24.8 Å². The van der Waals surface area contributed by atoms with Crippen LogP contribution in [-0.2, 0) is 28.0 Å². The second-order valence-electron chi connectivity index (χ2n) is 12.0. The lowest BCUT2D eigenvalue weighted by Crippen LogP contribution is -2.35. The molecule has 2 N–H and O–H groups in total. The second kappa shape index (κ2) is 17.1. The topological polar surface area (TPSA) is 155 Å². The predicted octanol–water partition coefficient (Wildman–Crippen LogP) is 7.51. The van der Waals surface area contributed by atoms with Crippen molar-refractivity contribution in [2.45, 2.75) is 40.0 Å². The van der Waals surface area contributed by atoms with E-state index < -0.39 is 36.5 Å². The predicted molar refractivity (Wildman–Crippen MR) is 193 cm³/mol. The van der Waals surface area contributed by atoms with E-state index in [0.29, 0.717) is 35.2 Å². The maximum atomic E-state index is 15.4. The van der Waals surface area contributed by atoms with Crippen LogP contribution in [0.2, 0.25) is 0 Å². The molecule has 5 rings (SSSR count). The van der Waals surface area contributed by atoms with Gasteiger partial charge in [0, 0.05) is 41.5 Å². The van der Waals surface area contributed by atoms with Crippen LogP contribution in [0.1, 0.15) is 40.0 Å². The van der Waals surface area contributed by atoms with Gasteiger partial charge in [-0.05, 0) is 75.2 Å². The summed E-state index contributed by atoms with van der Waals surface area (Å²) in [5, 5.41) is 5.71. The first-order chi connectivity index (χ1) is 25.4. The van der Waals surface area contributed by atoms with Crippen molar-refractivity contribution >= 4 is 47.6 Å². The van der Waals surface area contributed by atoms with Crippen molar-refractivity contribution in [3.05, 3.63) is 78.5 Å². The largest absolute Gasteiger partial charge is 0.493 e. The molecular formula is C37H41F2N4O9P. The molecule has 1 aromatic heterocycles. The molecule has 1 fully saturated rings. The van der Waals surface area contributed by atoms with E-state index in [1.54, 1.807) is 39.0 Å². The van der Waals surface area contributed by atoms with E-state index in [9.17, 15) is 23.3 Å². The monoisotopic (exact) mass is 754 g/mol. The summed E-state index contributed by atoms with van der Waals surface area (Å²) in [4.78, 5) is 44.5. The molecule has 1 heterocycles. The number of fused-ring (bicyclic) bond motifs is 1. The minimum atomic E-state index is -3.56. The standard InChI is InChI=1S/C37H41F2N4O9P/c1-5-34(44)43(23-53(47,50-6-2)51-7-3)18-19-49-33-21-27-29(22-32(33)48-4)40-17-14-30(27)52-31-13-12-26(20-28(31)39)42-36(46)37(15-16-37)35(45)41-25-10-8-24(38)9-11-25/h8-14,17,20-22H,5-7,15-16,18-19,23H2,1-4H3,(H,41,45)(H,42,46). The summed E-state index contributed by atoms with van der Waals surface area (Å²) in [5.41, 5.74) is -0.394. The lowest BCUT2D eigenvalue weighted by atomic mass is 10.0. The number of rotatable bonds is 18. The minimum Gasteiger partial charge on any atom is -0.493 e. The van der Waals surface area contributed by atoms with Gasteiger partial charge in [0.2, 0.25) is 17.7 Å². The molecule has 1 aliphatic carbocycles. The fourth-order valence-electron chi connectivity index (χ4n) is 5.47. The third-order valence-electron chi connectivity index (χ3n) is 8.39. The van der Waals surface area contributed by atoms with E-state index in [1.165, 1.54) is 54.6 Å². The molecule has 3 amide bonds.